The fraction of sp³-hybridized carbons (Fsp3) is 0.0625. The van der Waals surface area contributed by atoms with Gasteiger partial charge in [-0.2, -0.15) is 0 Å². The molecule has 4 nitrogen and oxygen atoms in total. The van der Waals surface area contributed by atoms with Crippen LogP contribution in [0.25, 0.3) is 10.9 Å². The van der Waals surface area contributed by atoms with E-state index in [2.05, 4.69) is 15.3 Å². The smallest absolute Gasteiger partial charge is 0.221 e. The number of amides is 1. The Morgan fingerprint density at radius 2 is 1.91 bits per heavy atom. The van der Waals surface area contributed by atoms with Gasteiger partial charge < -0.3 is 5.32 Å². The largest absolute Gasteiger partial charge is 0.326 e. The third kappa shape index (κ3) is 3.07. The minimum absolute atomic E-state index is 0.113. The summed E-state index contributed by atoms with van der Waals surface area (Å²) in [4.78, 5) is 20.2. The van der Waals surface area contributed by atoms with Crippen molar-refractivity contribution in [2.45, 2.75) is 16.8 Å². The number of carbonyl (C=O) groups is 1. The van der Waals surface area contributed by atoms with Crippen LogP contribution in [0.5, 0.6) is 0 Å². The summed E-state index contributed by atoms with van der Waals surface area (Å²) in [5.74, 6) is -0.472. The summed E-state index contributed by atoms with van der Waals surface area (Å²) in [5, 5.41) is 4.08. The van der Waals surface area contributed by atoms with Crippen molar-refractivity contribution in [3.05, 3.63) is 54.6 Å². The second-order valence-electron chi connectivity index (χ2n) is 4.62. The van der Waals surface area contributed by atoms with Crippen LogP contribution in [-0.4, -0.2) is 15.9 Å². The minimum atomic E-state index is -0.359. The van der Waals surface area contributed by atoms with Gasteiger partial charge in [-0.25, -0.2) is 14.4 Å². The van der Waals surface area contributed by atoms with Gasteiger partial charge in [0, 0.05) is 22.9 Å². The van der Waals surface area contributed by atoms with Crippen LogP contribution < -0.4 is 5.32 Å². The summed E-state index contributed by atoms with van der Waals surface area (Å²) in [6.45, 7) is 1.46. The number of nitrogens with zero attached hydrogens (tertiary/aromatic N) is 2. The molecule has 0 aliphatic rings. The molecule has 3 aromatic rings. The Balaban J connectivity index is 1.90. The van der Waals surface area contributed by atoms with Gasteiger partial charge in [-0.05, 0) is 36.4 Å². The number of benzene rings is 2. The molecule has 0 bridgehead atoms. The SMILES string of the molecule is CC(=O)Nc1ccc(Sc2ncnc3c(F)cccc23)cc1. The van der Waals surface area contributed by atoms with Crippen LogP contribution in [0.2, 0.25) is 0 Å². The van der Waals surface area contributed by atoms with E-state index >= 15 is 0 Å². The zero-order chi connectivity index (χ0) is 15.5. The van der Waals surface area contributed by atoms with Gasteiger partial charge in [0.25, 0.3) is 0 Å². The molecule has 1 heterocycles. The Kier molecular flexibility index (Phi) is 4.02. The molecular formula is C16H12FN3OS. The zero-order valence-corrected chi connectivity index (χ0v) is 12.5. The summed E-state index contributed by atoms with van der Waals surface area (Å²) >= 11 is 1.42. The van der Waals surface area contributed by atoms with E-state index in [1.54, 1.807) is 12.1 Å². The van der Waals surface area contributed by atoms with Gasteiger partial charge in [0.2, 0.25) is 5.91 Å². The Bertz CT molecular complexity index is 836. The van der Waals surface area contributed by atoms with Crippen molar-refractivity contribution in [1.29, 1.82) is 0 Å². The number of hydrogen-bond donors (Lipinski definition) is 1. The molecule has 0 radical (unpaired) electrons. The van der Waals surface area contributed by atoms with Crippen LogP contribution in [0.15, 0.2) is 58.7 Å². The van der Waals surface area contributed by atoms with Gasteiger partial charge in [0.15, 0.2) is 0 Å². The van der Waals surface area contributed by atoms with Crippen LogP contribution in [0, 0.1) is 5.82 Å². The van der Waals surface area contributed by atoms with Crippen molar-refractivity contribution in [2.75, 3.05) is 5.32 Å². The third-order valence-corrected chi connectivity index (χ3v) is 3.99. The normalized spacial score (nSPS) is 10.6. The van der Waals surface area contributed by atoms with E-state index in [-0.39, 0.29) is 11.7 Å². The third-order valence-electron chi connectivity index (χ3n) is 2.97. The van der Waals surface area contributed by atoms with Crippen LogP contribution >= 0.6 is 11.8 Å². The lowest BCUT2D eigenvalue weighted by atomic mass is 10.2. The fourth-order valence-corrected chi connectivity index (χ4v) is 2.90. The Hall–Kier alpha value is -2.47. The first-order chi connectivity index (χ1) is 10.6. The Morgan fingerprint density at radius 1 is 1.14 bits per heavy atom. The van der Waals surface area contributed by atoms with Gasteiger partial charge in [-0.15, -0.1) is 0 Å². The maximum atomic E-state index is 13.7. The molecule has 1 amide bonds. The van der Waals surface area contributed by atoms with E-state index in [1.807, 2.05) is 24.3 Å². The van der Waals surface area contributed by atoms with Crippen molar-refractivity contribution >= 4 is 34.3 Å². The highest BCUT2D eigenvalue weighted by Crippen LogP contribution is 2.32. The van der Waals surface area contributed by atoms with Crippen molar-refractivity contribution in [3.63, 3.8) is 0 Å². The van der Waals surface area contributed by atoms with Gasteiger partial charge in [0.05, 0.1) is 0 Å². The first kappa shape index (κ1) is 14.5. The monoisotopic (exact) mass is 313 g/mol. The summed E-state index contributed by atoms with van der Waals surface area (Å²) in [6, 6.07) is 12.2. The summed E-state index contributed by atoms with van der Waals surface area (Å²) in [7, 11) is 0. The number of aromatic nitrogens is 2. The quantitative estimate of drug-likeness (QED) is 0.746. The molecule has 1 aromatic heterocycles. The second kappa shape index (κ2) is 6.11. The standard InChI is InChI=1S/C16H12FN3OS/c1-10(21)20-11-5-7-12(8-6-11)22-16-13-3-2-4-14(17)15(13)18-9-19-16/h2-9H,1H3,(H,20,21). The Morgan fingerprint density at radius 3 is 2.64 bits per heavy atom. The molecule has 0 unspecified atom stereocenters. The highest BCUT2D eigenvalue weighted by atomic mass is 32.2. The van der Waals surface area contributed by atoms with Crippen molar-refractivity contribution in [3.8, 4) is 0 Å². The molecule has 0 saturated heterocycles. The molecule has 0 atom stereocenters. The number of anilines is 1. The average Bonchev–Trinajstić information content (AvgIpc) is 2.50. The minimum Gasteiger partial charge on any atom is -0.326 e. The molecule has 110 valence electrons. The summed E-state index contributed by atoms with van der Waals surface area (Å²) < 4.78 is 13.7. The fourth-order valence-electron chi connectivity index (χ4n) is 2.03. The van der Waals surface area contributed by atoms with Crippen LogP contribution in [0.3, 0.4) is 0 Å². The first-order valence-corrected chi connectivity index (χ1v) is 7.40. The maximum absolute atomic E-state index is 13.7. The molecule has 0 aliphatic carbocycles. The molecule has 2 aromatic carbocycles. The molecule has 0 spiro atoms. The molecule has 0 fully saturated rings. The topological polar surface area (TPSA) is 54.9 Å². The molecule has 22 heavy (non-hydrogen) atoms. The number of hydrogen-bond acceptors (Lipinski definition) is 4. The Labute approximate surface area is 130 Å². The number of para-hydroxylation sites is 1. The summed E-state index contributed by atoms with van der Waals surface area (Å²) in [6.07, 6.45) is 1.36. The van der Waals surface area contributed by atoms with Crippen LogP contribution in [0.4, 0.5) is 10.1 Å². The van der Waals surface area contributed by atoms with Gasteiger partial charge in [0.1, 0.15) is 22.7 Å². The second-order valence-corrected chi connectivity index (χ2v) is 5.68. The number of fused-ring (bicyclic) bond motifs is 1. The average molecular weight is 313 g/mol. The van der Waals surface area contributed by atoms with E-state index in [0.29, 0.717) is 15.9 Å². The van der Waals surface area contributed by atoms with E-state index in [4.69, 9.17) is 0 Å². The molecular weight excluding hydrogens is 301 g/mol. The number of carbonyl (C=O) groups excluding carboxylic acids is 1. The molecule has 6 heteroatoms. The van der Waals surface area contributed by atoms with Crippen molar-refractivity contribution in [1.82, 2.24) is 9.97 Å². The maximum Gasteiger partial charge on any atom is 0.221 e. The van der Waals surface area contributed by atoms with E-state index in [0.717, 1.165) is 10.6 Å². The number of halogens is 1. The van der Waals surface area contributed by atoms with Gasteiger partial charge >= 0.3 is 0 Å². The van der Waals surface area contributed by atoms with E-state index in [1.165, 1.54) is 31.1 Å². The number of rotatable bonds is 3. The van der Waals surface area contributed by atoms with Crippen LogP contribution in [0.1, 0.15) is 6.92 Å². The lowest BCUT2D eigenvalue weighted by molar-refractivity contribution is -0.114. The lowest BCUT2D eigenvalue weighted by Crippen LogP contribution is -2.05. The van der Waals surface area contributed by atoms with Crippen molar-refractivity contribution in [2.24, 2.45) is 0 Å². The summed E-state index contributed by atoms with van der Waals surface area (Å²) in [5.41, 5.74) is 1.05. The molecule has 1 N–H and O–H groups in total. The number of nitrogens with one attached hydrogen (secondary N) is 1. The van der Waals surface area contributed by atoms with E-state index < -0.39 is 0 Å². The highest BCUT2D eigenvalue weighted by Gasteiger charge is 2.08. The highest BCUT2D eigenvalue weighted by molar-refractivity contribution is 7.99. The van der Waals surface area contributed by atoms with E-state index in [9.17, 15) is 9.18 Å². The van der Waals surface area contributed by atoms with Gasteiger partial charge in [-0.1, -0.05) is 17.8 Å². The van der Waals surface area contributed by atoms with Gasteiger partial charge in [-0.3, -0.25) is 4.79 Å². The molecule has 3 rings (SSSR count). The van der Waals surface area contributed by atoms with Crippen molar-refractivity contribution < 1.29 is 9.18 Å². The predicted octanol–water partition coefficient (Wildman–Crippen LogP) is 3.88. The molecule has 0 aliphatic heterocycles. The zero-order valence-electron chi connectivity index (χ0n) is 11.7. The van der Waals surface area contributed by atoms with Crippen LogP contribution in [-0.2, 0) is 4.79 Å². The molecule has 0 saturated carbocycles. The predicted molar refractivity (Wildman–Crippen MR) is 84.4 cm³/mol. The first-order valence-electron chi connectivity index (χ1n) is 6.58. The lowest BCUT2D eigenvalue weighted by Gasteiger charge is -2.06.